The van der Waals surface area contributed by atoms with Gasteiger partial charge in [-0.15, -0.1) is 0 Å². The van der Waals surface area contributed by atoms with Crippen molar-refractivity contribution in [2.75, 3.05) is 12.4 Å². The lowest BCUT2D eigenvalue weighted by Gasteiger charge is -2.06. The summed E-state index contributed by atoms with van der Waals surface area (Å²) in [6.07, 6.45) is 0. The minimum atomic E-state index is -1.18. The first-order chi connectivity index (χ1) is 12.5. The van der Waals surface area contributed by atoms with Crippen LogP contribution in [0.5, 0.6) is 5.75 Å². The normalized spacial score (nSPS) is 10.8. The van der Waals surface area contributed by atoms with Crippen molar-refractivity contribution in [1.82, 2.24) is 5.16 Å². The molecule has 0 aliphatic rings. The van der Waals surface area contributed by atoms with Gasteiger partial charge in [0.25, 0.3) is 5.91 Å². The van der Waals surface area contributed by atoms with E-state index in [1.54, 1.807) is 42.5 Å². The number of aromatic nitrogens is 1. The number of rotatable bonds is 5. The topological polar surface area (TPSA) is 64.4 Å². The number of halogens is 3. The van der Waals surface area contributed by atoms with E-state index in [0.29, 0.717) is 28.5 Å². The smallest absolute Gasteiger partial charge is 0.257 e. The van der Waals surface area contributed by atoms with Gasteiger partial charge in [0.2, 0.25) is 0 Å². The van der Waals surface area contributed by atoms with Crippen LogP contribution in [-0.2, 0) is 4.79 Å². The summed E-state index contributed by atoms with van der Waals surface area (Å²) in [7, 11) is 1.45. The van der Waals surface area contributed by atoms with E-state index in [1.165, 1.54) is 13.2 Å². The number of ether oxygens (including phenoxy) is 1. The molecule has 26 heavy (non-hydrogen) atoms. The number of carbonyl (C=O) groups is 1. The molecule has 0 fully saturated rings. The lowest BCUT2D eigenvalue weighted by Crippen LogP contribution is -2.18. The molecule has 0 aliphatic carbocycles. The fourth-order valence-corrected chi connectivity index (χ4v) is 2.51. The maximum atomic E-state index is 14.2. The first-order valence-electron chi connectivity index (χ1n) is 7.48. The first kappa shape index (κ1) is 18.2. The highest BCUT2D eigenvalue weighted by Crippen LogP contribution is 2.34. The Labute approximate surface area is 158 Å². The lowest BCUT2D eigenvalue weighted by molar-refractivity contribution is -0.114. The Bertz CT molecular complexity index is 944. The van der Waals surface area contributed by atoms with Crippen molar-refractivity contribution in [3.63, 3.8) is 0 Å². The van der Waals surface area contributed by atoms with E-state index in [-0.39, 0.29) is 5.56 Å². The zero-order valence-corrected chi connectivity index (χ0v) is 15.0. The summed E-state index contributed by atoms with van der Waals surface area (Å²) in [5, 5.41) is 6.50. The minimum absolute atomic E-state index is 0.210. The summed E-state index contributed by atoms with van der Waals surface area (Å²) < 4.78 is 24.7. The highest BCUT2D eigenvalue weighted by molar-refractivity contribution is 6.54. The number of hydrogen-bond donors (Lipinski definition) is 1. The highest BCUT2D eigenvalue weighted by Gasteiger charge is 2.17. The SMILES string of the molecule is COc1cccc(F)c1-c1cc(-c2cccc(NC(=O)C(Cl)Cl)c2)on1. The van der Waals surface area contributed by atoms with Gasteiger partial charge in [-0.2, -0.15) is 0 Å². The average molecular weight is 395 g/mol. The van der Waals surface area contributed by atoms with Crippen LogP contribution in [-0.4, -0.2) is 23.0 Å². The molecule has 5 nitrogen and oxygen atoms in total. The molecule has 1 aromatic heterocycles. The zero-order valence-electron chi connectivity index (χ0n) is 13.5. The van der Waals surface area contributed by atoms with Crippen LogP contribution < -0.4 is 10.1 Å². The molecule has 0 saturated heterocycles. The van der Waals surface area contributed by atoms with Crippen LogP contribution in [0, 0.1) is 5.82 Å². The van der Waals surface area contributed by atoms with Gasteiger partial charge < -0.3 is 14.6 Å². The van der Waals surface area contributed by atoms with E-state index in [9.17, 15) is 9.18 Å². The number of amides is 1. The molecule has 1 heterocycles. The van der Waals surface area contributed by atoms with Crippen LogP contribution in [0.15, 0.2) is 53.1 Å². The molecule has 1 amide bonds. The molecular formula is C18H13Cl2FN2O3. The number of nitrogens with one attached hydrogen (secondary N) is 1. The Morgan fingerprint density at radius 2 is 2.00 bits per heavy atom. The van der Waals surface area contributed by atoms with Crippen molar-refractivity contribution in [1.29, 1.82) is 0 Å². The predicted molar refractivity (Wildman–Crippen MR) is 98.0 cm³/mol. The maximum absolute atomic E-state index is 14.2. The van der Waals surface area contributed by atoms with E-state index in [4.69, 9.17) is 32.5 Å². The van der Waals surface area contributed by atoms with Crippen LogP contribution in [0.4, 0.5) is 10.1 Å². The van der Waals surface area contributed by atoms with Gasteiger partial charge in [-0.05, 0) is 24.3 Å². The third-order valence-electron chi connectivity index (χ3n) is 3.57. The van der Waals surface area contributed by atoms with E-state index in [2.05, 4.69) is 10.5 Å². The van der Waals surface area contributed by atoms with Crippen molar-refractivity contribution >= 4 is 34.8 Å². The van der Waals surface area contributed by atoms with Crippen molar-refractivity contribution < 1.29 is 18.4 Å². The van der Waals surface area contributed by atoms with E-state index in [1.807, 2.05) is 0 Å². The van der Waals surface area contributed by atoms with Crippen molar-refractivity contribution in [2.45, 2.75) is 4.84 Å². The van der Waals surface area contributed by atoms with Gasteiger partial charge in [0.15, 0.2) is 10.6 Å². The summed E-state index contributed by atoms with van der Waals surface area (Å²) in [5.74, 6) is -0.267. The average Bonchev–Trinajstić information content (AvgIpc) is 3.11. The zero-order chi connectivity index (χ0) is 18.7. The molecular weight excluding hydrogens is 382 g/mol. The molecule has 0 spiro atoms. The number of hydrogen-bond acceptors (Lipinski definition) is 4. The van der Waals surface area contributed by atoms with E-state index < -0.39 is 16.6 Å². The number of carbonyl (C=O) groups excluding carboxylic acids is 1. The van der Waals surface area contributed by atoms with Gasteiger partial charge in [0.05, 0.1) is 12.7 Å². The van der Waals surface area contributed by atoms with Crippen LogP contribution in [0.2, 0.25) is 0 Å². The molecule has 0 unspecified atom stereocenters. The maximum Gasteiger partial charge on any atom is 0.257 e. The van der Waals surface area contributed by atoms with Gasteiger partial charge in [0, 0.05) is 17.3 Å². The summed E-state index contributed by atoms with van der Waals surface area (Å²) >= 11 is 11.1. The second-order valence-corrected chi connectivity index (χ2v) is 6.36. The predicted octanol–water partition coefficient (Wildman–Crippen LogP) is 4.90. The summed E-state index contributed by atoms with van der Waals surface area (Å²) in [4.78, 5) is 10.4. The van der Waals surface area contributed by atoms with E-state index in [0.717, 1.165) is 0 Å². The highest BCUT2D eigenvalue weighted by atomic mass is 35.5. The Hall–Kier alpha value is -2.57. The van der Waals surface area contributed by atoms with Crippen molar-refractivity contribution in [2.24, 2.45) is 0 Å². The number of alkyl halides is 2. The molecule has 1 N–H and O–H groups in total. The summed E-state index contributed by atoms with van der Waals surface area (Å²) in [5.41, 5.74) is 1.63. The molecule has 3 aromatic rings. The minimum Gasteiger partial charge on any atom is -0.496 e. The Balaban J connectivity index is 1.93. The van der Waals surface area contributed by atoms with Gasteiger partial charge in [0.1, 0.15) is 17.3 Å². The molecule has 0 aliphatic heterocycles. The van der Waals surface area contributed by atoms with Gasteiger partial charge in [-0.3, -0.25) is 4.79 Å². The molecule has 0 radical (unpaired) electrons. The number of nitrogens with zero attached hydrogens (tertiary/aromatic N) is 1. The molecule has 0 atom stereocenters. The van der Waals surface area contributed by atoms with Gasteiger partial charge in [-0.25, -0.2) is 4.39 Å². The van der Waals surface area contributed by atoms with Crippen LogP contribution >= 0.6 is 23.2 Å². The molecule has 134 valence electrons. The number of benzene rings is 2. The number of methoxy groups -OCH3 is 1. The molecule has 0 saturated carbocycles. The van der Waals surface area contributed by atoms with Crippen molar-refractivity contribution in [3.8, 4) is 28.3 Å². The second kappa shape index (κ2) is 7.76. The monoisotopic (exact) mass is 394 g/mol. The fourth-order valence-electron chi connectivity index (χ4n) is 2.40. The number of anilines is 1. The second-order valence-electron chi connectivity index (χ2n) is 5.26. The molecule has 3 rings (SSSR count). The van der Waals surface area contributed by atoms with Crippen molar-refractivity contribution in [3.05, 3.63) is 54.3 Å². The summed E-state index contributed by atoms with van der Waals surface area (Å²) in [6, 6.07) is 12.9. The van der Waals surface area contributed by atoms with Gasteiger partial charge in [-0.1, -0.05) is 46.6 Å². The lowest BCUT2D eigenvalue weighted by atomic mass is 10.1. The Kier molecular flexibility index (Phi) is 5.44. The summed E-state index contributed by atoms with van der Waals surface area (Å²) in [6.45, 7) is 0. The fraction of sp³-hybridized carbons (Fsp3) is 0.111. The third-order valence-corrected chi connectivity index (χ3v) is 3.97. The van der Waals surface area contributed by atoms with Crippen LogP contribution in [0.3, 0.4) is 0 Å². The van der Waals surface area contributed by atoms with E-state index >= 15 is 0 Å². The molecule has 0 bridgehead atoms. The Morgan fingerprint density at radius 3 is 2.73 bits per heavy atom. The third kappa shape index (κ3) is 3.81. The van der Waals surface area contributed by atoms with Crippen LogP contribution in [0.1, 0.15) is 0 Å². The first-order valence-corrected chi connectivity index (χ1v) is 8.36. The Morgan fingerprint density at radius 1 is 1.23 bits per heavy atom. The largest absolute Gasteiger partial charge is 0.496 e. The van der Waals surface area contributed by atoms with Crippen LogP contribution in [0.25, 0.3) is 22.6 Å². The quantitative estimate of drug-likeness (QED) is 0.625. The van der Waals surface area contributed by atoms with Gasteiger partial charge >= 0.3 is 0 Å². The molecule has 8 heteroatoms. The molecule has 2 aromatic carbocycles. The standard InChI is InChI=1S/C18H13Cl2FN2O3/c1-25-14-7-3-6-12(21)16(14)13-9-15(26-23-13)10-4-2-5-11(8-10)22-18(24)17(19)20/h2-9,17H,1H3,(H,22,24).